The molecule has 0 atom stereocenters. The SMILES string of the molecule is Fc1ccc2[nH]cc(CCCN3CCN(N4CNc5ncccc54)CC3)c2c1. The van der Waals surface area contributed by atoms with E-state index in [1.54, 1.807) is 6.07 Å². The molecule has 0 bridgehead atoms. The molecule has 3 aromatic rings. The number of H-pyrrole nitrogens is 1. The van der Waals surface area contributed by atoms with Crippen LogP contribution >= 0.6 is 0 Å². The van der Waals surface area contributed by atoms with Crippen LogP contribution in [0.25, 0.3) is 10.9 Å². The molecule has 1 aromatic carbocycles. The second-order valence-electron chi connectivity index (χ2n) is 7.51. The Labute approximate surface area is 163 Å². The Bertz CT molecular complexity index is 962. The number of pyridine rings is 1. The van der Waals surface area contributed by atoms with Gasteiger partial charge in [0, 0.05) is 49.5 Å². The van der Waals surface area contributed by atoms with Gasteiger partial charge in [-0.15, -0.1) is 0 Å². The number of hydrazine groups is 1. The third kappa shape index (κ3) is 3.31. The average Bonchev–Trinajstić information content (AvgIpc) is 3.33. The number of anilines is 2. The Hall–Kier alpha value is -2.64. The molecule has 1 saturated heterocycles. The summed E-state index contributed by atoms with van der Waals surface area (Å²) in [6, 6.07) is 9.07. The molecule has 5 rings (SSSR count). The molecule has 2 aliphatic heterocycles. The van der Waals surface area contributed by atoms with E-state index in [9.17, 15) is 4.39 Å². The van der Waals surface area contributed by atoms with Gasteiger partial charge in [-0.1, -0.05) is 0 Å². The van der Waals surface area contributed by atoms with Gasteiger partial charge in [-0.05, 0) is 55.3 Å². The summed E-state index contributed by atoms with van der Waals surface area (Å²) in [6.07, 6.45) is 5.91. The highest BCUT2D eigenvalue weighted by Gasteiger charge is 2.27. The van der Waals surface area contributed by atoms with Crippen LogP contribution in [0.2, 0.25) is 0 Å². The van der Waals surface area contributed by atoms with Crippen molar-refractivity contribution < 1.29 is 4.39 Å². The highest BCUT2D eigenvalue weighted by Crippen LogP contribution is 2.30. The number of rotatable bonds is 5. The molecule has 0 unspecified atom stereocenters. The van der Waals surface area contributed by atoms with E-state index in [0.29, 0.717) is 0 Å². The zero-order chi connectivity index (χ0) is 18.9. The van der Waals surface area contributed by atoms with E-state index in [0.717, 1.165) is 69.0 Å². The number of aromatic nitrogens is 2. The number of hydrogen-bond donors (Lipinski definition) is 2. The lowest BCUT2D eigenvalue weighted by atomic mass is 10.1. The van der Waals surface area contributed by atoms with Gasteiger partial charge in [0.25, 0.3) is 0 Å². The summed E-state index contributed by atoms with van der Waals surface area (Å²) in [7, 11) is 0. The van der Waals surface area contributed by atoms with Crippen molar-refractivity contribution in [3.63, 3.8) is 0 Å². The number of hydrogen-bond acceptors (Lipinski definition) is 5. The first-order valence-electron chi connectivity index (χ1n) is 9.97. The number of fused-ring (bicyclic) bond motifs is 2. The fourth-order valence-corrected chi connectivity index (χ4v) is 4.28. The molecule has 2 N–H and O–H groups in total. The van der Waals surface area contributed by atoms with Crippen molar-refractivity contribution in [1.29, 1.82) is 0 Å². The predicted molar refractivity (Wildman–Crippen MR) is 110 cm³/mol. The molecule has 2 aromatic heterocycles. The first-order valence-corrected chi connectivity index (χ1v) is 9.97. The quantitative estimate of drug-likeness (QED) is 0.713. The number of aromatic amines is 1. The molecule has 0 saturated carbocycles. The number of halogens is 1. The molecule has 28 heavy (non-hydrogen) atoms. The number of nitrogens with zero attached hydrogens (tertiary/aromatic N) is 4. The Morgan fingerprint density at radius 3 is 2.89 bits per heavy atom. The van der Waals surface area contributed by atoms with Crippen LogP contribution in [0.1, 0.15) is 12.0 Å². The minimum Gasteiger partial charge on any atom is -0.361 e. The molecule has 7 heteroatoms. The normalized spacial score (nSPS) is 17.8. The molecule has 146 valence electrons. The van der Waals surface area contributed by atoms with Gasteiger partial charge in [0.05, 0.1) is 5.69 Å². The van der Waals surface area contributed by atoms with Gasteiger partial charge in [0.15, 0.2) is 5.82 Å². The molecular weight excluding hydrogens is 355 g/mol. The van der Waals surface area contributed by atoms with Crippen molar-refractivity contribution in [2.75, 3.05) is 49.7 Å². The summed E-state index contributed by atoms with van der Waals surface area (Å²) < 4.78 is 13.5. The van der Waals surface area contributed by atoms with Gasteiger partial charge in [-0.3, -0.25) is 5.01 Å². The first-order chi connectivity index (χ1) is 13.8. The molecule has 2 aliphatic rings. The van der Waals surface area contributed by atoms with Crippen LogP contribution < -0.4 is 10.3 Å². The third-order valence-electron chi connectivity index (χ3n) is 5.80. The lowest BCUT2D eigenvalue weighted by Gasteiger charge is -2.40. The van der Waals surface area contributed by atoms with Crippen molar-refractivity contribution in [2.45, 2.75) is 12.8 Å². The van der Waals surface area contributed by atoms with Gasteiger partial charge >= 0.3 is 0 Å². The van der Waals surface area contributed by atoms with Gasteiger partial charge in [0.2, 0.25) is 0 Å². The lowest BCUT2D eigenvalue weighted by molar-refractivity contribution is 0.124. The summed E-state index contributed by atoms with van der Waals surface area (Å²) in [6.45, 7) is 6.04. The smallest absolute Gasteiger partial charge is 0.152 e. The number of benzene rings is 1. The van der Waals surface area contributed by atoms with Gasteiger partial charge in [-0.25, -0.2) is 14.4 Å². The van der Waals surface area contributed by atoms with Crippen LogP contribution in [0.5, 0.6) is 0 Å². The van der Waals surface area contributed by atoms with Crippen molar-refractivity contribution in [3.8, 4) is 0 Å². The van der Waals surface area contributed by atoms with Crippen molar-refractivity contribution in [2.24, 2.45) is 0 Å². The zero-order valence-electron chi connectivity index (χ0n) is 15.9. The monoisotopic (exact) mass is 380 g/mol. The minimum absolute atomic E-state index is 0.169. The van der Waals surface area contributed by atoms with Crippen LogP contribution in [-0.2, 0) is 6.42 Å². The number of nitrogens with one attached hydrogen (secondary N) is 2. The number of piperazine rings is 1. The van der Waals surface area contributed by atoms with Crippen molar-refractivity contribution in [1.82, 2.24) is 19.9 Å². The Morgan fingerprint density at radius 1 is 1.11 bits per heavy atom. The van der Waals surface area contributed by atoms with Crippen LogP contribution in [0.3, 0.4) is 0 Å². The molecule has 0 radical (unpaired) electrons. The summed E-state index contributed by atoms with van der Waals surface area (Å²) in [5.74, 6) is 0.803. The van der Waals surface area contributed by atoms with Gasteiger partial charge in [0.1, 0.15) is 12.5 Å². The average molecular weight is 380 g/mol. The summed E-state index contributed by atoms with van der Waals surface area (Å²) in [5.41, 5.74) is 3.39. The van der Waals surface area contributed by atoms with Crippen LogP contribution in [0.15, 0.2) is 42.7 Å². The van der Waals surface area contributed by atoms with E-state index >= 15 is 0 Å². The molecule has 0 spiro atoms. The van der Waals surface area contributed by atoms with E-state index in [4.69, 9.17) is 0 Å². The molecule has 0 aliphatic carbocycles. The lowest BCUT2D eigenvalue weighted by Crippen LogP contribution is -2.54. The number of aryl methyl sites for hydroxylation is 1. The van der Waals surface area contributed by atoms with E-state index in [-0.39, 0.29) is 5.82 Å². The van der Waals surface area contributed by atoms with E-state index in [2.05, 4.69) is 36.3 Å². The fraction of sp³-hybridized carbons (Fsp3) is 0.381. The summed E-state index contributed by atoms with van der Waals surface area (Å²) in [4.78, 5) is 10.2. The largest absolute Gasteiger partial charge is 0.361 e. The summed E-state index contributed by atoms with van der Waals surface area (Å²) in [5, 5.41) is 9.09. The first kappa shape index (κ1) is 17.5. The minimum atomic E-state index is -0.169. The Balaban J connectivity index is 1.13. The van der Waals surface area contributed by atoms with E-state index < -0.39 is 0 Å². The second-order valence-corrected chi connectivity index (χ2v) is 7.51. The third-order valence-corrected chi connectivity index (χ3v) is 5.80. The Kier molecular flexibility index (Phi) is 4.62. The van der Waals surface area contributed by atoms with Crippen LogP contribution in [-0.4, -0.2) is 59.3 Å². The molecule has 6 nitrogen and oxygen atoms in total. The van der Waals surface area contributed by atoms with Gasteiger partial charge in [-0.2, -0.15) is 0 Å². The summed E-state index contributed by atoms with van der Waals surface area (Å²) >= 11 is 0. The maximum Gasteiger partial charge on any atom is 0.152 e. The Morgan fingerprint density at radius 2 is 2.00 bits per heavy atom. The molecule has 0 amide bonds. The topological polar surface area (TPSA) is 50.4 Å². The van der Waals surface area contributed by atoms with Crippen LogP contribution in [0, 0.1) is 5.82 Å². The highest BCUT2D eigenvalue weighted by atomic mass is 19.1. The van der Waals surface area contributed by atoms with Gasteiger partial charge < -0.3 is 15.2 Å². The fourth-order valence-electron chi connectivity index (χ4n) is 4.28. The predicted octanol–water partition coefficient (Wildman–Crippen LogP) is 3.06. The van der Waals surface area contributed by atoms with Crippen molar-refractivity contribution >= 4 is 22.4 Å². The highest BCUT2D eigenvalue weighted by molar-refractivity contribution is 5.83. The molecule has 4 heterocycles. The molecular formula is C21H25FN6. The standard InChI is InChI=1S/C21H25FN6/c22-17-5-6-19-18(13-17)16(14-24-19)3-2-8-26-9-11-27(12-10-26)28-15-25-21-20(28)4-1-7-23-21/h1,4-7,13-14,24H,2-3,8-12,15H2,(H,23,25). The maximum atomic E-state index is 13.5. The molecule has 1 fully saturated rings. The van der Waals surface area contributed by atoms with Crippen LogP contribution in [0.4, 0.5) is 15.9 Å². The maximum absolute atomic E-state index is 13.5. The van der Waals surface area contributed by atoms with Crippen molar-refractivity contribution in [3.05, 3.63) is 54.1 Å². The van der Waals surface area contributed by atoms with E-state index in [1.165, 1.54) is 17.3 Å². The zero-order valence-corrected chi connectivity index (χ0v) is 15.9. The van der Waals surface area contributed by atoms with E-state index in [1.807, 2.05) is 24.5 Å². The second kappa shape index (κ2) is 7.41.